The Morgan fingerprint density at radius 3 is 1.76 bits per heavy atom. The average molecular weight is 571 g/mol. The second-order valence-corrected chi connectivity index (χ2v) is 9.36. The van der Waals surface area contributed by atoms with Crippen LogP contribution in [0.4, 0.5) is 0 Å². The van der Waals surface area contributed by atoms with Gasteiger partial charge in [0.25, 0.3) is 0 Å². The van der Waals surface area contributed by atoms with Crippen molar-refractivity contribution in [1.29, 1.82) is 0 Å². The largest absolute Gasteiger partial charge is 0.508 e. The molecule has 0 radical (unpaired) electrons. The molecule has 0 aliphatic rings. The van der Waals surface area contributed by atoms with Gasteiger partial charge in [-0.3, -0.25) is 24.0 Å². The second-order valence-electron chi connectivity index (χ2n) is 9.36. The SMILES string of the molecule is NC(=O)CCC(N)C(=O)NC(CC(N)=O)C(=O)NC(Cc1ccccc1)C(=O)NC(Cc1ccc(O)cc1)C(=O)O. The Kier molecular flexibility index (Phi) is 12.2. The Bertz CT molecular complexity index is 1240. The van der Waals surface area contributed by atoms with Crippen molar-refractivity contribution >= 4 is 35.5 Å². The highest BCUT2D eigenvalue weighted by Crippen LogP contribution is 2.12. The standard InChI is InChI=1S/C27H34N6O8/c28-18(10-11-22(29)35)24(37)31-20(14-23(30)36)26(39)32-19(12-15-4-2-1-3-5-15)25(38)33-21(27(40)41)13-16-6-8-17(34)9-7-16/h1-9,18-21,34H,10-14,28H2,(H2,29,35)(H2,30,36)(H,31,37)(H,32,39)(H,33,38)(H,40,41). The molecule has 5 amide bonds. The molecule has 0 aromatic heterocycles. The third-order valence-electron chi connectivity index (χ3n) is 5.98. The van der Waals surface area contributed by atoms with Crippen molar-refractivity contribution < 1.29 is 39.0 Å². The molecule has 14 nitrogen and oxygen atoms in total. The highest BCUT2D eigenvalue weighted by Gasteiger charge is 2.31. The molecular weight excluding hydrogens is 536 g/mol. The van der Waals surface area contributed by atoms with Gasteiger partial charge in [-0.05, 0) is 29.7 Å². The van der Waals surface area contributed by atoms with E-state index < -0.39 is 66.1 Å². The first-order chi connectivity index (χ1) is 19.3. The molecule has 2 aromatic rings. The van der Waals surface area contributed by atoms with Crippen LogP contribution in [0.15, 0.2) is 54.6 Å². The fourth-order valence-electron chi connectivity index (χ4n) is 3.79. The number of benzene rings is 2. The van der Waals surface area contributed by atoms with Gasteiger partial charge in [0.1, 0.15) is 23.9 Å². The number of rotatable bonds is 16. The Morgan fingerprint density at radius 1 is 0.683 bits per heavy atom. The van der Waals surface area contributed by atoms with E-state index in [1.54, 1.807) is 30.3 Å². The molecule has 0 spiro atoms. The summed E-state index contributed by atoms with van der Waals surface area (Å²) in [7, 11) is 0. The zero-order chi connectivity index (χ0) is 30.5. The van der Waals surface area contributed by atoms with Gasteiger partial charge in [0.05, 0.1) is 12.5 Å². The molecule has 0 aliphatic heterocycles. The van der Waals surface area contributed by atoms with E-state index >= 15 is 0 Å². The quantitative estimate of drug-likeness (QED) is 0.113. The monoisotopic (exact) mass is 570 g/mol. The fourth-order valence-corrected chi connectivity index (χ4v) is 3.79. The molecule has 14 heteroatoms. The zero-order valence-electron chi connectivity index (χ0n) is 22.1. The lowest BCUT2D eigenvalue weighted by molar-refractivity contribution is -0.142. The number of aromatic hydroxyl groups is 1. The van der Waals surface area contributed by atoms with Crippen LogP contribution >= 0.6 is 0 Å². The van der Waals surface area contributed by atoms with Crippen LogP contribution in [0.5, 0.6) is 5.75 Å². The van der Waals surface area contributed by atoms with Gasteiger partial charge in [0.15, 0.2) is 0 Å². The number of hydrogen-bond acceptors (Lipinski definition) is 8. The van der Waals surface area contributed by atoms with Crippen molar-refractivity contribution in [3.63, 3.8) is 0 Å². The Labute approximate surface area is 235 Å². The molecule has 0 saturated carbocycles. The van der Waals surface area contributed by atoms with E-state index in [9.17, 15) is 39.0 Å². The lowest BCUT2D eigenvalue weighted by atomic mass is 10.0. The number of phenolic OH excluding ortho intramolecular Hbond substituents is 1. The van der Waals surface area contributed by atoms with Crippen molar-refractivity contribution in [1.82, 2.24) is 16.0 Å². The molecule has 0 bridgehead atoms. The highest BCUT2D eigenvalue weighted by molar-refractivity contribution is 5.96. The molecule has 0 aliphatic carbocycles. The lowest BCUT2D eigenvalue weighted by Crippen LogP contribution is -2.58. The summed E-state index contributed by atoms with van der Waals surface area (Å²) in [5.74, 6) is -5.59. The summed E-state index contributed by atoms with van der Waals surface area (Å²) in [6.07, 6.45) is -1.09. The molecule has 0 heterocycles. The number of carboxylic acid groups (broad SMARTS) is 1. The number of phenols is 1. The van der Waals surface area contributed by atoms with Gasteiger partial charge in [-0.25, -0.2) is 4.79 Å². The lowest BCUT2D eigenvalue weighted by Gasteiger charge is -2.25. The van der Waals surface area contributed by atoms with Gasteiger partial charge in [-0.2, -0.15) is 0 Å². The summed E-state index contributed by atoms with van der Waals surface area (Å²) < 4.78 is 0. The van der Waals surface area contributed by atoms with Gasteiger partial charge < -0.3 is 43.4 Å². The van der Waals surface area contributed by atoms with E-state index in [2.05, 4.69) is 16.0 Å². The number of carbonyl (C=O) groups excluding carboxylic acids is 5. The Hall–Kier alpha value is -4.98. The first-order valence-electron chi connectivity index (χ1n) is 12.6. The maximum absolute atomic E-state index is 13.3. The van der Waals surface area contributed by atoms with Crippen LogP contribution < -0.4 is 33.2 Å². The molecule has 11 N–H and O–H groups in total. The molecule has 4 unspecified atom stereocenters. The minimum atomic E-state index is -1.52. The molecule has 0 saturated heterocycles. The fraction of sp³-hybridized carbons (Fsp3) is 0.333. The number of aliphatic carboxylic acids is 1. The Morgan fingerprint density at radius 2 is 1.20 bits per heavy atom. The van der Waals surface area contributed by atoms with Crippen molar-refractivity contribution in [3.05, 3.63) is 65.7 Å². The van der Waals surface area contributed by atoms with Gasteiger partial charge in [0.2, 0.25) is 29.5 Å². The van der Waals surface area contributed by atoms with Crippen LogP contribution in [0.2, 0.25) is 0 Å². The smallest absolute Gasteiger partial charge is 0.326 e. The van der Waals surface area contributed by atoms with Crippen LogP contribution in [-0.4, -0.2) is 69.9 Å². The molecule has 220 valence electrons. The van der Waals surface area contributed by atoms with Crippen molar-refractivity contribution in [2.75, 3.05) is 0 Å². The van der Waals surface area contributed by atoms with E-state index in [0.717, 1.165) is 0 Å². The van der Waals surface area contributed by atoms with Gasteiger partial charge >= 0.3 is 5.97 Å². The third kappa shape index (κ3) is 11.3. The number of hydrogen-bond donors (Lipinski definition) is 8. The summed E-state index contributed by atoms with van der Waals surface area (Å²) in [6, 6.07) is 8.88. The van der Waals surface area contributed by atoms with Crippen molar-refractivity contribution in [2.45, 2.75) is 56.3 Å². The van der Waals surface area contributed by atoms with Crippen LogP contribution in [-0.2, 0) is 41.6 Å². The highest BCUT2D eigenvalue weighted by atomic mass is 16.4. The van der Waals surface area contributed by atoms with Crippen molar-refractivity contribution in [2.24, 2.45) is 17.2 Å². The normalized spacial score (nSPS) is 13.6. The van der Waals surface area contributed by atoms with Crippen LogP contribution in [0.3, 0.4) is 0 Å². The molecular formula is C27H34N6O8. The van der Waals surface area contributed by atoms with E-state index in [1.807, 2.05) is 0 Å². The summed E-state index contributed by atoms with van der Waals surface area (Å²) in [4.78, 5) is 73.5. The summed E-state index contributed by atoms with van der Waals surface area (Å²) in [6.45, 7) is 0. The molecule has 4 atom stereocenters. The predicted molar refractivity (Wildman–Crippen MR) is 146 cm³/mol. The van der Waals surface area contributed by atoms with Crippen LogP contribution in [0.1, 0.15) is 30.4 Å². The summed E-state index contributed by atoms with van der Waals surface area (Å²) in [5, 5.41) is 26.4. The predicted octanol–water partition coefficient (Wildman–Crippen LogP) is -1.82. The first-order valence-corrected chi connectivity index (χ1v) is 12.6. The first kappa shape index (κ1) is 32.2. The molecule has 2 aromatic carbocycles. The summed E-state index contributed by atoms with van der Waals surface area (Å²) >= 11 is 0. The topological polar surface area (TPSA) is 257 Å². The van der Waals surface area contributed by atoms with Crippen molar-refractivity contribution in [3.8, 4) is 5.75 Å². The number of primary amides is 2. The van der Waals surface area contributed by atoms with Gasteiger partial charge in [-0.1, -0.05) is 42.5 Å². The molecule has 41 heavy (non-hydrogen) atoms. The van der Waals surface area contributed by atoms with E-state index in [1.165, 1.54) is 24.3 Å². The van der Waals surface area contributed by atoms with E-state index in [4.69, 9.17) is 17.2 Å². The minimum absolute atomic E-state index is 0.0123. The van der Waals surface area contributed by atoms with Crippen LogP contribution in [0, 0.1) is 0 Å². The number of nitrogens with one attached hydrogen (secondary N) is 3. The maximum Gasteiger partial charge on any atom is 0.326 e. The van der Waals surface area contributed by atoms with Crippen LogP contribution in [0.25, 0.3) is 0 Å². The third-order valence-corrected chi connectivity index (χ3v) is 5.98. The number of carbonyl (C=O) groups is 6. The zero-order valence-corrected chi connectivity index (χ0v) is 22.1. The second kappa shape index (κ2) is 15.6. The minimum Gasteiger partial charge on any atom is -0.508 e. The number of nitrogens with two attached hydrogens (primary N) is 3. The Balaban J connectivity index is 2.24. The average Bonchev–Trinajstić information content (AvgIpc) is 2.91. The van der Waals surface area contributed by atoms with E-state index in [0.29, 0.717) is 11.1 Å². The van der Waals surface area contributed by atoms with Gasteiger partial charge in [-0.15, -0.1) is 0 Å². The number of amides is 5. The molecule has 2 rings (SSSR count). The molecule has 0 fully saturated rings. The van der Waals surface area contributed by atoms with Gasteiger partial charge in [0, 0.05) is 19.3 Å². The number of carboxylic acids is 1. The van der Waals surface area contributed by atoms with E-state index in [-0.39, 0.29) is 31.4 Å². The summed E-state index contributed by atoms with van der Waals surface area (Å²) in [5.41, 5.74) is 17.2. The maximum atomic E-state index is 13.3.